The van der Waals surface area contributed by atoms with Crippen molar-refractivity contribution in [1.82, 2.24) is 15.5 Å². The zero-order valence-corrected chi connectivity index (χ0v) is 12.1. The van der Waals surface area contributed by atoms with E-state index >= 15 is 0 Å². The molecule has 1 heterocycles. The molecule has 5 heteroatoms. The van der Waals surface area contributed by atoms with Gasteiger partial charge in [0, 0.05) is 32.2 Å². The van der Waals surface area contributed by atoms with Crippen molar-refractivity contribution in [3.05, 3.63) is 35.9 Å². The summed E-state index contributed by atoms with van der Waals surface area (Å²) in [4.78, 5) is 13.9. The first-order valence-electron chi connectivity index (χ1n) is 6.56. The molecule has 1 atom stereocenters. The van der Waals surface area contributed by atoms with Crippen LogP contribution in [-0.2, 0) is 6.42 Å². The van der Waals surface area contributed by atoms with Crippen LogP contribution < -0.4 is 10.6 Å². The van der Waals surface area contributed by atoms with E-state index in [-0.39, 0.29) is 24.5 Å². The number of hydrogen-bond donors (Lipinski definition) is 2. The zero-order valence-electron chi connectivity index (χ0n) is 11.3. The summed E-state index contributed by atoms with van der Waals surface area (Å²) in [6.07, 6.45) is 0.882. The summed E-state index contributed by atoms with van der Waals surface area (Å²) in [5.41, 5.74) is 1.26. The lowest BCUT2D eigenvalue weighted by Gasteiger charge is -2.33. The van der Waals surface area contributed by atoms with Crippen LogP contribution in [0.5, 0.6) is 0 Å². The molecule has 2 N–H and O–H groups in total. The summed E-state index contributed by atoms with van der Waals surface area (Å²) in [7, 11) is 0. The molecule has 0 radical (unpaired) electrons. The van der Waals surface area contributed by atoms with Gasteiger partial charge in [0.2, 0.25) is 0 Å². The topological polar surface area (TPSA) is 44.4 Å². The minimum Gasteiger partial charge on any atom is -0.338 e. The van der Waals surface area contributed by atoms with E-state index in [1.54, 1.807) is 0 Å². The van der Waals surface area contributed by atoms with Gasteiger partial charge in [0.15, 0.2) is 0 Å². The maximum Gasteiger partial charge on any atom is 0.317 e. The molecule has 1 aromatic carbocycles. The molecule has 0 aromatic heterocycles. The molecule has 0 spiro atoms. The summed E-state index contributed by atoms with van der Waals surface area (Å²) in [6, 6.07) is 10.5. The van der Waals surface area contributed by atoms with Crippen LogP contribution in [-0.4, -0.2) is 43.2 Å². The third-order valence-electron chi connectivity index (χ3n) is 3.29. The number of urea groups is 1. The van der Waals surface area contributed by atoms with Crippen LogP contribution in [0.2, 0.25) is 0 Å². The first-order chi connectivity index (χ1) is 8.77. The average Bonchev–Trinajstić information content (AvgIpc) is 2.40. The van der Waals surface area contributed by atoms with Crippen molar-refractivity contribution >= 4 is 18.4 Å². The fraction of sp³-hybridized carbons (Fsp3) is 0.500. The molecule has 0 unspecified atom stereocenters. The Bertz CT molecular complexity index is 386. The Kier molecular flexibility index (Phi) is 6.67. The molecule has 2 rings (SSSR count). The third kappa shape index (κ3) is 4.73. The number of carbonyl (C=O) groups is 1. The van der Waals surface area contributed by atoms with Gasteiger partial charge >= 0.3 is 6.03 Å². The second-order valence-electron chi connectivity index (χ2n) is 4.71. The predicted molar refractivity (Wildman–Crippen MR) is 79.8 cm³/mol. The highest BCUT2D eigenvalue weighted by molar-refractivity contribution is 5.85. The molecule has 2 amide bonds. The maximum absolute atomic E-state index is 12.0. The number of carbonyl (C=O) groups excluding carboxylic acids is 1. The molecule has 1 aromatic rings. The molecule has 4 nitrogen and oxygen atoms in total. The number of nitrogens with one attached hydrogen (secondary N) is 2. The van der Waals surface area contributed by atoms with Gasteiger partial charge in [-0.1, -0.05) is 30.3 Å². The number of piperazine rings is 1. The second-order valence-corrected chi connectivity index (χ2v) is 4.71. The van der Waals surface area contributed by atoms with Gasteiger partial charge in [0.25, 0.3) is 0 Å². The molecule has 106 valence electrons. The first-order valence-corrected chi connectivity index (χ1v) is 6.56. The highest BCUT2D eigenvalue weighted by Gasteiger charge is 2.22. The van der Waals surface area contributed by atoms with Crippen LogP contribution in [0.15, 0.2) is 30.3 Å². The number of hydrogen-bond acceptors (Lipinski definition) is 2. The predicted octanol–water partition coefficient (Wildman–Crippen LogP) is 1.65. The van der Waals surface area contributed by atoms with E-state index in [1.165, 1.54) is 5.56 Å². The standard InChI is InChI=1S/C14H21N3O.ClH/c1-12-11-15-9-10-17(12)14(18)16-8-7-13-5-3-2-4-6-13;/h2-6,12,15H,7-11H2,1H3,(H,16,18);1H/t12-;/m1./s1. The highest BCUT2D eigenvalue weighted by Crippen LogP contribution is 2.03. The average molecular weight is 284 g/mol. The number of halogens is 1. The van der Waals surface area contributed by atoms with Gasteiger partial charge in [-0.25, -0.2) is 4.79 Å². The van der Waals surface area contributed by atoms with Gasteiger partial charge in [-0.05, 0) is 18.9 Å². The fourth-order valence-electron chi connectivity index (χ4n) is 2.20. The molecule has 1 saturated heterocycles. The van der Waals surface area contributed by atoms with Crippen molar-refractivity contribution < 1.29 is 4.79 Å². The van der Waals surface area contributed by atoms with E-state index in [2.05, 4.69) is 29.7 Å². The van der Waals surface area contributed by atoms with Crippen LogP contribution in [0.3, 0.4) is 0 Å². The number of benzene rings is 1. The Morgan fingerprint density at radius 3 is 2.84 bits per heavy atom. The van der Waals surface area contributed by atoms with E-state index in [1.807, 2.05) is 23.1 Å². The summed E-state index contributed by atoms with van der Waals surface area (Å²) >= 11 is 0. The minimum absolute atomic E-state index is 0. The molecule has 19 heavy (non-hydrogen) atoms. The largest absolute Gasteiger partial charge is 0.338 e. The second kappa shape index (κ2) is 8.02. The van der Waals surface area contributed by atoms with E-state index in [0.29, 0.717) is 6.54 Å². The van der Waals surface area contributed by atoms with Crippen molar-refractivity contribution in [2.24, 2.45) is 0 Å². The normalized spacial score (nSPS) is 18.6. The zero-order chi connectivity index (χ0) is 12.8. The minimum atomic E-state index is 0. The Morgan fingerprint density at radius 1 is 1.42 bits per heavy atom. The Hall–Kier alpha value is -1.26. The first kappa shape index (κ1) is 15.8. The lowest BCUT2D eigenvalue weighted by molar-refractivity contribution is 0.165. The van der Waals surface area contributed by atoms with E-state index in [9.17, 15) is 4.79 Å². The molecule has 1 aliphatic heterocycles. The van der Waals surface area contributed by atoms with Crippen LogP contribution in [0.25, 0.3) is 0 Å². The Balaban J connectivity index is 0.00000180. The molecular weight excluding hydrogens is 262 g/mol. The summed E-state index contributed by atoms with van der Waals surface area (Å²) in [5.74, 6) is 0. The maximum atomic E-state index is 12.0. The summed E-state index contributed by atoms with van der Waals surface area (Å²) in [6.45, 7) is 5.32. The van der Waals surface area contributed by atoms with Crippen molar-refractivity contribution in [2.75, 3.05) is 26.2 Å². The molecule has 0 saturated carbocycles. The van der Waals surface area contributed by atoms with Crippen molar-refractivity contribution in [2.45, 2.75) is 19.4 Å². The van der Waals surface area contributed by atoms with Gasteiger partial charge in [-0.3, -0.25) is 0 Å². The van der Waals surface area contributed by atoms with Gasteiger partial charge < -0.3 is 15.5 Å². The Morgan fingerprint density at radius 2 is 2.16 bits per heavy atom. The van der Waals surface area contributed by atoms with Crippen LogP contribution in [0.1, 0.15) is 12.5 Å². The number of rotatable bonds is 3. The van der Waals surface area contributed by atoms with Gasteiger partial charge in [0.1, 0.15) is 0 Å². The summed E-state index contributed by atoms with van der Waals surface area (Å²) < 4.78 is 0. The molecule has 1 aliphatic rings. The fourth-order valence-corrected chi connectivity index (χ4v) is 2.20. The number of nitrogens with zero attached hydrogens (tertiary/aromatic N) is 1. The van der Waals surface area contributed by atoms with E-state index in [0.717, 1.165) is 26.1 Å². The van der Waals surface area contributed by atoms with Crippen molar-refractivity contribution in [3.8, 4) is 0 Å². The number of amides is 2. The van der Waals surface area contributed by atoms with Crippen LogP contribution in [0.4, 0.5) is 4.79 Å². The van der Waals surface area contributed by atoms with E-state index in [4.69, 9.17) is 0 Å². The molecule has 1 fully saturated rings. The van der Waals surface area contributed by atoms with Gasteiger partial charge in [-0.15, -0.1) is 12.4 Å². The lowest BCUT2D eigenvalue weighted by Crippen LogP contribution is -2.55. The monoisotopic (exact) mass is 283 g/mol. The highest BCUT2D eigenvalue weighted by atomic mass is 35.5. The molecule has 0 aliphatic carbocycles. The molecular formula is C14H22ClN3O. The smallest absolute Gasteiger partial charge is 0.317 e. The van der Waals surface area contributed by atoms with Gasteiger partial charge in [-0.2, -0.15) is 0 Å². The Labute approximate surface area is 121 Å². The van der Waals surface area contributed by atoms with Crippen molar-refractivity contribution in [1.29, 1.82) is 0 Å². The van der Waals surface area contributed by atoms with Gasteiger partial charge in [0.05, 0.1) is 0 Å². The third-order valence-corrected chi connectivity index (χ3v) is 3.29. The molecule has 0 bridgehead atoms. The SMILES string of the molecule is C[C@@H]1CNCCN1C(=O)NCCc1ccccc1.Cl. The van der Waals surface area contributed by atoms with Crippen LogP contribution in [0, 0.1) is 0 Å². The van der Waals surface area contributed by atoms with Crippen molar-refractivity contribution in [3.63, 3.8) is 0 Å². The lowest BCUT2D eigenvalue weighted by atomic mass is 10.1. The van der Waals surface area contributed by atoms with E-state index < -0.39 is 0 Å². The summed E-state index contributed by atoms with van der Waals surface area (Å²) in [5, 5.41) is 6.27. The van der Waals surface area contributed by atoms with Crippen LogP contribution >= 0.6 is 12.4 Å². The quantitative estimate of drug-likeness (QED) is 0.886.